The molecule has 1 rings (SSSR count). The highest BCUT2D eigenvalue weighted by Crippen LogP contribution is 2.10. The van der Waals surface area contributed by atoms with Gasteiger partial charge in [0.1, 0.15) is 6.04 Å². The van der Waals surface area contributed by atoms with Crippen LogP contribution in [0.4, 0.5) is 0 Å². The van der Waals surface area contributed by atoms with E-state index in [4.69, 9.17) is 5.73 Å². The van der Waals surface area contributed by atoms with Crippen molar-refractivity contribution in [3.8, 4) is 0 Å². The van der Waals surface area contributed by atoms with E-state index >= 15 is 0 Å². The lowest BCUT2D eigenvalue weighted by Gasteiger charge is -2.11. The zero-order valence-electron chi connectivity index (χ0n) is 8.82. The van der Waals surface area contributed by atoms with Crippen molar-refractivity contribution in [1.82, 2.24) is 10.2 Å². The van der Waals surface area contributed by atoms with E-state index in [-0.39, 0.29) is 36.6 Å². The van der Waals surface area contributed by atoms with Crippen LogP contribution in [-0.2, 0) is 14.4 Å². The van der Waals surface area contributed by atoms with Gasteiger partial charge in [0.05, 0.1) is 6.42 Å². The average Bonchev–Trinajstić information content (AvgIpc) is 2.32. The fourth-order valence-electron chi connectivity index (χ4n) is 1.41. The molecule has 0 aromatic rings. The largest absolute Gasteiger partial charge is 0.344 e. The molecule has 2 unspecified atom stereocenters. The van der Waals surface area contributed by atoms with E-state index in [0.29, 0.717) is 0 Å². The summed E-state index contributed by atoms with van der Waals surface area (Å²) in [5.74, 6) is -0.935. The molecule has 1 aliphatic heterocycles. The Morgan fingerprint density at radius 1 is 1.67 bits per heavy atom. The Bertz CT molecular complexity index is 301. The van der Waals surface area contributed by atoms with Crippen LogP contribution in [0.25, 0.3) is 0 Å². The molecule has 0 aromatic carbocycles. The first kappa shape index (κ1) is 11.6. The number of carbonyl (C=O) groups is 3. The maximum absolute atomic E-state index is 11.4. The molecule has 3 amide bonds. The van der Waals surface area contributed by atoms with Crippen LogP contribution in [0.15, 0.2) is 0 Å². The average molecular weight is 213 g/mol. The Kier molecular flexibility index (Phi) is 3.41. The SMILES string of the molecule is CC(N)CC(=O)NC1CC(=O)N(C)C1=O. The summed E-state index contributed by atoms with van der Waals surface area (Å²) in [5.41, 5.74) is 5.43. The van der Waals surface area contributed by atoms with Crippen LogP contribution in [0, 0.1) is 0 Å². The van der Waals surface area contributed by atoms with Gasteiger partial charge in [-0.1, -0.05) is 0 Å². The first-order chi connectivity index (χ1) is 6.91. The normalized spacial score (nSPS) is 23.1. The molecule has 0 radical (unpaired) electrons. The maximum Gasteiger partial charge on any atom is 0.252 e. The molecule has 0 saturated carbocycles. The molecule has 15 heavy (non-hydrogen) atoms. The predicted octanol–water partition coefficient (Wildman–Crippen LogP) is -1.40. The number of nitrogens with zero attached hydrogens (tertiary/aromatic N) is 1. The third-order valence-corrected chi connectivity index (χ3v) is 2.22. The first-order valence-corrected chi connectivity index (χ1v) is 4.77. The van der Waals surface area contributed by atoms with Gasteiger partial charge in [0.2, 0.25) is 11.8 Å². The van der Waals surface area contributed by atoms with Gasteiger partial charge in [-0.25, -0.2) is 0 Å². The first-order valence-electron chi connectivity index (χ1n) is 4.77. The molecule has 0 aliphatic carbocycles. The van der Waals surface area contributed by atoms with Crippen LogP contribution in [0.2, 0.25) is 0 Å². The van der Waals surface area contributed by atoms with Gasteiger partial charge in [0.15, 0.2) is 0 Å². The maximum atomic E-state index is 11.4. The Hall–Kier alpha value is -1.43. The van der Waals surface area contributed by atoms with Gasteiger partial charge in [0.25, 0.3) is 5.91 Å². The van der Waals surface area contributed by atoms with Crippen molar-refractivity contribution in [2.24, 2.45) is 5.73 Å². The molecule has 3 N–H and O–H groups in total. The molecule has 2 atom stereocenters. The number of rotatable bonds is 3. The molecule has 1 aliphatic rings. The van der Waals surface area contributed by atoms with E-state index in [0.717, 1.165) is 4.90 Å². The second-order valence-electron chi connectivity index (χ2n) is 3.80. The van der Waals surface area contributed by atoms with Crippen molar-refractivity contribution in [3.05, 3.63) is 0 Å². The van der Waals surface area contributed by atoms with Gasteiger partial charge in [0, 0.05) is 19.5 Å². The second-order valence-corrected chi connectivity index (χ2v) is 3.80. The van der Waals surface area contributed by atoms with Crippen molar-refractivity contribution in [1.29, 1.82) is 0 Å². The van der Waals surface area contributed by atoms with Gasteiger partial charge in [-0.05, 0) is 6.92 Å². The topological polar surface area (TPSA) is 92.5 Å². The summed E-state index contributed by atoms with van der Waals surface area (Å²) in [4.78, 5) is 34.8. The molecule has 84 valence electrons. The van der Waals surface area contributed by atoms with Gasteiger partial charge in [-0.15, -0.1) is 0 Å². The van der Waals surface area contributed by atoms with Crippen molar-refractivity contribution in [2.75, 3.05) is 7.05 Å². The minimum absolute atomic E-state index is 0.0417. The summed E-state index contributed by atoms with van der Waals surface area (Å²) in [6, 6.07) is -0.969. The lowest BCUT2D eigenvalue weighted by atomic mass is 10.2. The summed E-state index contributed by atoms with van der Waals surface area (Å²) in [6.45, 7) is 1.70. The zero-order valence-corrected chi connectivity index (χ0v) is 8.82. The molecule has 6 nitrogen and oxygen atoms in total. The summed E-state index contributed by atoms with van der Waals surface area (Å²) < 4.78 is 0. The number of nitrogens with two attached hydrogens (primary N) is 1. The molecule has 6 heteroatoms. The Morgan fingerprint density at radius 3 is 2.67 bits per heavy atom. The molecule has 0 spiro atoms. The van der Waals surface area contributed by atoms with E-state index in [1.807, 2.05) is 0 Å². The minimum Gasteiger partial charge on any atom is -0.344 e. The van der Waals surface area contributed by atoms with E-state index in [1.165, 1.54) is 7.05 Å². The van der Waals surface area contributed by atoms with Gasteiger partial charge >= 0.3 is 0 Å². The zero-order chi connectivity index (χ0) is 11.6. The number of amides is 3. The molecule has 1 heterocycles. The monoisotopic (exact) mass is 213 g/mol. The third-order valence-electron chi connectivity index (χ3n) is 2.22. The van der Waals surface area contributed by atoms with Crippen molar-refractivity contribution < 1.29 is 14.4 Å². The fourth-order valence-corrected chi connectivity index (χ4v) is 1.41. The quantitative estimate of drug-likeness (QED) is 0.564. The van der Waals surface area contributed by atoms with Crippen LogP contribution >= 0.6 is 0 Å². The number of likely N-dealkylation sites (N-methyl/N-ethyl adjacent to an activating group) is 1. The van der Waals surface area contributed by atoms with Crippen LogP contribution in [0.3, 0.4) is 0 Å². The summed E-state index contributed by atoms with van der Waals surface area (Å²) in [5, 5.41) is 2.49. The summed E-state index contributed by atoms with van der Waals surface area (Å²) >= 11 is 0. The van der Waals surface area contributed by atoms with E-state index in [1.54, 1.807) is 6.92 Å². The molecule has 1 saturated heterocycles. The predicted molar refractivity (Wildman–Crippen MR) is 52.6 cm³/mol. The highest BCUT2D eigenvalue weighted by molar-refractivity contribution is 6.06. The highest BCUT2D eigenvalue weighted by Gasteiger charge is 2.36. The number of nitrogens with one attached hydrogen (secondary N) is 1. The molecule has 1 fully saturated rings. The Labute approximate surface area is 87.8 Å². The van der Waals surface area contributed by atoms with Crippen LogP contribution in [-0.4, -0.2) is 41.8 Å². The molecule has 0 aromatic heterocycles. The summed E-state index contributed by atoms with van der Waals surface area (Å²) in [6.07, 6.45) is 0.196. The van der Waals surface area contributed by atoms with Crippen LogP contribution in [0.5, 0.6) is 0 Å². The van der Waals surface area contributed by atoms with Gasteiger partial charge in [-0.2, -0.15) is 0 Å². The van der Waals surface area contributed by atoms with Gasteiger partial charge < -0.3 is 11.1 Å². The molecular formula is C9H15N3O3. The third kappa shape index (κ3) is 2.76. The smallest absolute Gasteiger partial charge is 0.252 e. The minimum atomic E-state index is -0.714. The number of hydrogen-bond donors (Lipinski definition) is 2. The Morgan fingerprint density at radius 2 is 2.27 bits per heavy atom. The van der Waals surface area contributed by atoms with Crippen LogP contribution in [0.1, 0.15) is 19.8 Å². The lowest BCUT2D eigenvalue weighted by molar-refractivity contribution is -0.138. The standard InChI is InChI=1S/C9H15N3O3/c1-5(10)3-7(13)11-6-4-8(14)12(2)9(6)15/h5-6H,3-4,10H2,1-2H3,(H,11,13). The Balaban J connectivity index is 2.50. The van der Waals surface area contributed by atoms with Crippen molar-refractivity contribution in [3.63, 3.8) is 0 Å². The van der Waals surface area contributed by atoms with Crippen LogP contribution < -0.4 is 11.1 Å². The number of likely N-dealkylation sites (tertiary alicyclic amines) is 1. The van der Waals surface area contributed by atoms with Crippen molar-refractivity contribution in [2.45, 2.75) is 31.8 Å². The van der Waals surface area contributed by atoms with E-state index in [2.05, 4.69) is 5.32 Å². The number of imide groups is 1. The highest BCUT2D eigenvalue weighted by atomic mass is 16.2. The lowest BCUT2D eigenvalue weighted by Crippen LogP contribution is -2.42. The number of carbonyl (C=O) groups excluding carboxylic acids is 3. The molecule has 0 bridgehead atoms. The molecular weight excluding hydrogens is 198 g/mol. The summed E-state index contributed by atoms with van der Waals surface area (Å²) in [7, 11) is 1.41. The van der Waals surface area contributed by atoms with Crippen molar-refractivity contribution >= 4 is 17.7 Å². The number of hydrogen-bond acceptors (Lipinski definition) is 4. The van der Waals surface area contributed by atoms with E-state index < -0.39 is 6.04 Å². The second kappa shape index (κ2) is 4.39. The van der Waals surface area contributed by atoms with E-state index in [9.17, 15) is 14.4 Å². The fraction of sp³-hybridized carbons (Fsp3) is 0.667. The van der Waals surface area contributed by atoms with Gasteiger partial charge in [-0.3, -0.25) is 19.3 Å².